The summed E-state index contributed by atoms with van der Waals surface area (Å²) in [4.78, 5) is 5.13. The molecule has 5 heteroatoms. The molecule has 6 aromatic rings. The van der Waals surface area contributed by atoms with Crippen LogP contribution in [0.1, 0.15) is 55.3 Å². The summed E-state index contributed by atoms with van der Waals surface area (Å²) < 4.78 is 5.99. The Morgan fingerprint density at radius 1 is 0.612 bits per heavy atom. The Morgan fingerprint density at radius 3 is 1.96 bits per heavy atom. The topological polar surface area (TPSA) is 85.7 Å². The van der Waals surface area contributed by atoms with Crippen LogP contribution >= 0.6 is 0 Å². The second-order valence-corrected chi connectivity index (χ2v) is 13.7. The molecule has 0 spiro atoms. The zero-order valence-corrected chi connectivity index (χ0v) is 28.2. The average Bonchev–Trinajstić information content (AvgIpc) is 3.14. The van der Waals surface area contributed by atoms with Gasteiger partial charge in [0.15, 0.2) is 0 Å². The van der Waals surface area contributed by atoms with Crippen molar-refractivity contribution in [3.8, 4) is 22.3 Å². The summed E-state index contributed by atoms with van der Waals surface area (Å²) in [5.41, 5.74) is 22.2. The second-order valence-electron chi connectivity index (χ2n) is 13.7. The van der Waals surface area contributed by atoms with Gasteiger partial charge in [0.05, 0.1) is 6.04 Å². The van der Waals surface area contributed by atoms with E-state index in [1.807, 2.05) is 57.2 Å². The lowest BCUT2D eigenvalue weighted by Crippen LogP contribution is -2.40. The highest BCUT2D eigenvalue weighted by molar-refractivity contribution is 6.06. The Balaban J connectivity index is 1.23. The molecule has 3 atom stereocenters. The van der Waals surface area contributed by atoms with Crippen molar-refractivity contribution in [1.82, 2.24) is 5.32 Å². The zero-order chi connectivity index (χ0) is 34.0. The van der Waals surface area contributed by atoms with E-state index in [4.69, 9.17) is 21.2 Å². The first-order chi connectivity index (χ1) is 23.7. The van der Waals surface area contributed by atoms with Crippen molar-refractivity contribution >= 4 is 22.3 Å². The molecule has 5 N–H and O–H groups in total. The third kappa shape index (κ3) is 7.10. The Hall–Kier alpha value is -5.33. The van der Waals surface area contributed by atoms with Gasteiger partial charge in [-0.1, -0.05) is 148 Å². The molecule has 1 aliphatic rings. The molecule has 3 unspecified atom stereocenters. The number of nitrogens with zero attached hydrogens (tertiary/aromatic N) is 1. The fourth-order valence-electron chi connectivity index (χ4n) is 6.16. The summed E-state index contributed by atoms with van der Waals surface area (Å²) in [5, 5.41) is 6.01. The van der Waals surface area contributed by atoms with E-state index in [1.165, 1.54) is 5.39 Å². The fourth-order valence-corrected chi connectivity index (χ4v) is 6.16. The Morgan fingerprint density at radius 2 is 1.22 bits per heavy atom. The maximum Gasteiger partial charge on any atom is 0.133 e. The quantitative estimate of drug-likeness (QED) is 0.144. The summed E-state index contributed by atoms with van der Waals surface area (Å²) in [6.07, 6.45) is 1.14. The Bertz CT molecular complexity index is 2150. The van der Waals surface area contributed by atoms with E-state index in [2.05, 4.69) is 121 Å². The van der Waals surface area contributed by atoms with Gasteiger partial charge in [-0.3, -0.25) is 4.99 Å². The van der Waals surface area contributed by atoms with Gasteiger partial charge < -0.3 is 21.5 Å². The molecule has 1 aliphatic heterocycles. The van der Waals surface area contributed by atoms with Crippen LogP contribution in [0.5, 0.6) is 0 Å². The number of rotatable bonds is 8. The molecule has 244 valence electrons. The van der Waals surface area contributed by atoms with Gasteiger partial charge >= 0.3 is 0 Å². The molecule has 0 bridgehead atoms. The smallest absolute Gasteiger partial charge is 0.133 e. The molecule has 0 aromatic heterocycles. The van der Waals surface area contributed by atoms with Crippen LogP contribution in [0, 0.1) is 5.41 Å². The highest BCUT2D eigenvalue weighted by Crippen LogP contribution is 2.36. The van der Waals surface area contributed by atoms with Crippen molar-refractivity contribution in [2.75, 3.05) is 0 Å². The molecular formula is C44H42N4O. The monoisotopic (exact) mass is 642 g/mol. The lowest BCUT2D eigenvalue weighted by molar-refractivity contribution is -0.0619. The van der Waals surface area contributed by atoms with Gasteiger partial charge in [0.25, 0.3) is 0 Å². The molecule has 0 aliphatic carbocycles. The lowest BCUT2D eigenvalue weighted by Gasteiger charge is -2.29. The standard InChI is InChI=1S/C44H42N4O/c1-44(2,3)43(46)49-41(45)35-18-12-17-32(25-35)33-23-21-29-22-24-34(27-36(29)26-33)37-19-10-11-20-38(37)40-28-39(30-13-6-4-7-14-30)47-42(48-40)31-15-8-5-9-16-31/h4-28,39,41,43H,45-46H2,1-3H3,(H,47,48). The van der Waals surface area contributed by atoms with E-state index in [9.17, 15) is 0 Å². The summed E-state index contributed by atoms with van der Waals surface area (Å²) in [7, 11) is 0. The van der Waals surface area contributed by atoms with Crippen LogP contribution in [0.4, 0.5) is 0 Å². The predicted octanol–water partition coefficient (Wildman–Crippen LogP) is 9.61. The average molecular weight is 643 g/mol. The summed E-state index contributed by atoms with van der Waals surface area (Å²) in [6.45, 7) is 6.13. The van der Waals surface area contributed by atoms with E-state index in [-0.39, 0.29) is 11.5 Å². The SMILES string of the molecule is CC(C)(C)C(N)OC(N)c1cccc(-c2ccc3ccc(-c4ccccc4C4=CC(c5ccccc5)N=C(c5ccccc5)N4)cc3c2)c1. The van der Waals surface area contributed by atoms with Crippen LogP contribution in [0.25, 0.3) is 38.7 Å². The molecule has 0 fully saturated rings. The largest absolute Gasteiger partial charge is 0.341 e. The fraction of sp³-hybridized carbons (Fsp3) is 0.159. The minimum absolute atomic E-state index is 0.113. The number of amidine groups is 1. The van der Waals surface area contributed by atoms with Crippen molar-refractivity contribution in [1.29, 1.82) is 0 Å². The summed E-state index contributed by atoms with van der Waals surface area (Å²) in [6, 6.07) is 50.7. The van der Waals surface area contributed by atoms with Gasteiger partial charge in [-0.15, -0.1) is 0 Å². The van der Waals surface area contributed by atoms with Crippen LogP contribution in [0.15, 0.2) is 157 Å². The Kier molecular flexibility index (Phi) is 8.98. The zero-order valence-electron chi connectivity index (χ0n) is 28.2. The Labute approximate surface area is 289 Å². The van der Waals surface area contributed by atoms with E-state index < -0.39 is 12.5 Å². The molecule has 0 saturated carbocycles. The van der Waals surface area contributed by atoms with Crippen LogP contribution in [-0.4, -0.2) is 12.1 Å². The van der Waals surface area contributed by atoms with Crippen molar-refractivity contribution < 1.29 is 4.74 Å². The molecule has 1 heterocycles. The number of hydrogen-bond acceptors (Lipinski definition) is 5. The highest BCUT2D eigenvalue weighted by atomic mass is 16.5. The van der Waals surface area contributed by atoms with Gasteiger partial charge in [0.1, 0.15) is 18.3 Å². The molecule has 0 saturated heterocycles. The van der Waals surface area contributed by atoms with Gasteiger partial charge in [0.2, 0.25) is 0 Å². The summed E-state index contributed by atoms with van der Waals surface area (Å²) in [5.74, 6) is 0.859. The van der Waals surface area contributed by atoms with Crippen molar-refractivity contribution in [2.45, 2.75) is 39.3 Å². The number of aliphatic imine (C=N–C) groups is 1. The number of fused-ring (bicyclic) bond motifs is 1. The van der Waals surface area contributed by atoms with Crippen LogP contribution in [-0.2, 0) is 4.74 Å². The van der Waals surface area contributed by atoms with Gasteiger partial charge in [-0.2, -0.15) is 0 Å². The number of nitrogens with two attached hydrogens (primary N) is 2. The van der Waals surface area contributed by atoms with E-state index in [0.29, 0.717) is 0 Å². The first-order valence-electron chi connectivity index (χ1n) is 16.8. The molecule has 0 radical (unpaired) electrons. The second kappa shape index (κ2) is 13.7. The molecule has 5 nitrogen and oxygen atoms in total. The van der Waals surface area contributed by atoms with Gasteiger partial charge in [0, 0.05) is 22.2 Å². The predicted molar refractivity (Wildman–Crippen MR) is 204 cm³/mol. The van der Waals surface area contributed by atoms with Gasteiger partial charge in [-0.25, -0.2) is 0 Å². The van der Waals surface area contributed by atoms with E-state index >= 15 is 0 Å². The van der Waals surface area contributed by atoms with Crippen molar-refractivity contribution in [2.24, 2.45) is 21.9 Å². The number of nitrogens with one attached hydrogen (secondary N) is 1. The molecule has 49 heavy (non-hydrogen) atoms. The normalized spacial score (nSPS) is 16.0. The molecule has 7 rings (SSSR count). The number of benzene rings is 6. The first kappa shape index (κ1) is 32.2. The molecule has 0 amide bonds. The van der Waals surface area contributed by atoms with Gasteiger partial charge in [-0.05, 0) is 68.4 Å². The van der Waals surface area contributed by atoms with Crippen LogP contribution in [0.3, 0.4) is 0 Å². The summed E-state index contributed by atoms with van der Waals surface area (Å²) >= 11 is 0. The lowest BCUT2D eigenvalue weighted by atomic mass is 9.92. The third-order valence-electron chi connectivity index (χ3n) is 9.10. The molecule has 6 aromatic carbocycles. The number of ether oxygens (including phenoxy) is 1. The van der Waals surface area contributed by atoms with Crippen molar-refractivity contribution in [3.63, 3.8) is 0 Å². The van der Waals surface area contributed by atoms with Crippen LogP contribution in [0.2, 0.25) is 0 Å². The number of hydrogen-bond donors (Lipinski definition) is 3. The van der Waals surface area contributed by atoms with E-state index in [0.717, 1.165) is 61.4 Å². The van der Waals surface area contributed by atoms with Crippen molar-refractivity contribution in [3.05, 3.63) is 174 Å². The highest BCUT2D eigenvalue weighted by Gasteiger charge is 2.24. The van der Waals surface area contributed by atoms with E-state index in [1.54, 1.807) is 0 Å². The molecular weight excluding hydrogens is 601 g/mol. The minimum Gasteiger partial charge on any atom is -0.341 e. The minimum atomic E-state index is -0.616. The third-order valence-corrected chi connectivity index (χ3v) is 9.10. The first-order valence-corrected chi connectivity index (χ1v) is 16.8. The maximum absolute atomic E-state index is 6.45. The maximum atomic E-state index is 6.45. The van der Waals surface area contributed by atoms with Crippen LogP contribution < -0.4 is 16.8 Å².